The molecule has 1 heterocycles. The third-order valence-electron chi connectivity index (χ3n) is 2.82. The molecule has 2 atom stereocenters. The van der Waals surface area contributed by atoms with Crippen LogP contribution in [0.3, 0.4) is 0 Å². The van der Waals surface area contributed by atoms with E-state index in [4.69, 9.17) is 14.2 Å². The zero-order valence-electron chi connectivity index (χ0n) is 11.4. The van der Waals surface area contributed by atoms with Crippen molar-refractivity contribution in [1.29, 1.82) is 0 Å². The van der Waals surface area contributed by atoms with Crippen molar-refractivity contribution in [3.05, 3.63) is 0 Å². The van der Waals surface area contributed by atoms with E-state index in [1.807, 2.05) is 6.92 Å². The Balaban J connectivity index is 3.18. The molecule has 1 saturated heterocycles. The fraction of sp³-hybridized carbons (Fsp3) is 0.833. The molecule has 1 aliphatic heterocycles. The largest absolute Gasteiger partial charge is 0.467 e. The number of hydrogen-bond donors (Lipinski definition) is 0. The Kier molecular flexibility index (Phi) is 4.34. The second kappa shape index (κ2) is 5.24. The van der Waals surface area contributed by atoms with Crippen LogP contribution in [0.2, 0.25) is 0 Å². The summed E-state index contributed by atoms with van der Waals surface area (Å²) in [5.41, 5.74) is -1.43. The minimum absolute atomic E-state index is 0.322. The zero-order valence-corrected chi connectivity index (χ0v) is 11.4. The van der Waals surface area contributed by atoms with E-state index in [1.54, 1.807) is 13.8 Å². The molecule has 0 amide bonds. The molecule has 104 valence electrons. The molecular weight excluding hydrogens is 240 g/mol. The molecule has 0 aliphatic carbocycles. The second-order valence-electron chi connectivity index (χ2n) is 4.65. The Labute approximate surface area is 107 Å². The highest BCUT2D eigenvalue weighted by Crippen LogP contribution is 2.41. The first kappa shape index (κ1) is 14.9. The molecule has 1 rings (SSSR count). The summed E-state index contributed by atoms with van der Waals surface area (Å²) >= 11 is 0. The molecule has 0 aromatic heterocycles. The van der Waals surface area contributed by atoms with Crippen molar-refractivity contribution in [2.45, 2.75) is 51.1 Å². The number of esters is 2. The summed E-state index contributed by atoms with van der Waals surface area (Å²) in [5, 5.41) is 0. The predicted octanol–water partition coefficient (Wildman–Crippen LogP) is 1.02. The van der Waals surface area contributed by atoms with Crippen LogP contribution in [0.25, 0.3) is 0 Å². The number of carbonyl (C=O) groups is 2. The van der Waals surface area contributed by atoms with Crippen molar-refractivity contribution in [1.82, 2.24) is 0 Å². The van der Waals surface area contributed by atoms with Crippen molar-refractivity contribution < 1.29 is 28.5 Å². The van der Waals surface area contributed by atoms with Gasteiger partial charge in [0.1, 0.15) is 0 Å². The van der Waals surface area contributed by atoms with E-state index in [1.165, 1.54) is 14.2 Å². The number of carbonyl (C=O) groups excluding carboxylic acids is 2. The highest BCUT2D eigenvalue weighted by Gasteiger charge is 2.62. The van der Waals surface area contributed by atoms with Gasteiger partial charge in [0.15, 0.2) is 11.9 Å². The molecule has 0 bridgehead atoms. The van der Waals surface area contributed by atoms with Crippen LogP contribution in [0.5, 0.6) is 0 Å². The van der Waals surface area contributed by atoms with E-state index in [0.717, 1.165) is 0 Å². The van der Waals surface area contributed by atoms with Gasteiger partial charge in [0, 0.05) is 0 Å². The van der Waals surface area contributed by atoms with E-state index >= 15 is 0 Å². The molecule has 1 fully saturated rings. The van der Waals surface area contributed by atoms with E-state index in [2.05, 4.69) is 4.74 Å². The Hall–Kier alpha value is -1.14. The van der Waals surface area contributed by atoms with Gasteiger partial charge in [-0.3, -0.25) is 0 Å². The Morgan fingerprint density at radius 2 is 1.83 bits per heavy atom. The smallest absolute Gasteiger partial charge is 0.341 e. The van der Waals surface area contributed by atoms with Crippen LogP contribution in [0.15, 0.2) is 0 Å². The number of hydrogen-bond acceptors (Lipinski definition) is 6. The van der Waals surface area contributed by atoms with E-state index in [0.29, 0.717) is 12.8 Å². The maximum absolute atomic E-state index is 12.0. The summed E-state index contributed by atoms with van der Waals surface area (Å²) in [6.45, 7) is 5.17. The third kappa shape index (κ3) is 2.49. The molecule has 1 aliphatic rings. The quantitative estimate of drug-likeness (QED) is 0.703. The topological polar surface area (TPSA) is 71.1 Å². The zero-order chi connectivity index (χ0) is 14.0. The lowest BCUT2D eigenvalue weighted by Gasteiger charge is -2.28. The Morgan fingerprint density at radius 3 is 2.28 bits per heavy atom. The van der Waals surface area contributed by atoms with Crippen LogP contribution in [-0.2, 0) is 28.5 Å². The predicted molar refractivity (Wildman–Crippen MR) is 61.7 cm³/mol. The maximum Gasteiger partial charge on any atom is 0.341 e. The number of methoxy groups -OCH3 is 2. The van der Waals surface area contributed by atoms with Crippen molar-refractivity contribution in [2.75, 3.05) is 14.2 Å². The van der Waals surface area contributed by atoms with E-state index in [9.17, 15) is 9.59 Å². The molecule has 0 unspecified atom stereocenters. The van der Waals surface area contributed by atoms with Crippen LogP contribution in [0, 0.1) is 0 Å². The van der Waals surface area contributed by atoms with Gasteiger partial charge < -0.3 is 18.9 Å². The molecule has 6 nitrogen and oxygen atoms in total. The average molecular weight is 260 g/mol. The monoisotopic (exact) mass is 260 g/mol. The number of rotatable bonds is 4. The summed E-state index contributed by atoms with van der Waals surface area (Å²) in [6, 6.07) is 0. The van der Waals surface area contributed by atoms with Gasteiger partial charge in [0.2, 0.25) is 5.60 Å². The minimum Gasteiger partial charge on any atom is -0.467 e. The van der Waals surface area contributed by atoms with Crippen LogP contribution in [0.1, 0.15) is 33.6 Å². The van der Waals surface area contributed by atoms with Gasteiger partial charge >= 0.3 is 11.9 Å². The van der Waals surface area contributed by atoms with Crippen LogP contribution in [0.4, 0.5) is 0 Å². The van der Waals surface area contributed by atoms with Crippen LogP contribution >= 0.6 is 0 Å². The van der Waals surface area contributed by atoms with Gasteiger partial charge in [0.05, 0.1) is 14.2 Å². The molecule has 6 heteroatoms. The second-order valence-corrected chi connectivity index (χ2v) is 4.65. The maximum atomic E-state index is 12.0. The summed E-state index contributed by atoms with van der Waals surface area (Å²) in [7, 11) is 2.49. The molecule has 0 saturated carbocycles. The normalized spacial score (nSPS) is 29.9. The molecule has 0 radical (unpaired) electrons. The van der Waals surface area contributed by atoms with Gasteiger partial charge in [-0.2, -0.15) is 0 Å². The Morgan fingerprint density at radius 1 is 1.22 bits per heavy atom. The summed E-state index contributed by atoms with van der Waals surface area (Å²) in [5.74, 6) is -2.30. The SMILES string of the molecule is CCC[C@@]1(C(=O)OC)OC(C)(C)O[C@H]1C(=O)OC. The first-order valence-electron chi connectivity index (χ1n) is 5.87. The van der Waals surface area contributed by atoms with Gasteiger partial charge in [-0.1, -0.05) is 13.3 Å². The lowest BCUT2D eigenvalue weighted by atomic mass is 9.91. The third-order valence-corrected chi connectivity index (χ3v) is 2.82. The fourth-order valence-electron chi connectivity index (χ4n) is 2.22. The highest BCUT2D eigenvalue weighted by molar-refractivity contribution is 5.90. The van der Waals surface area contributed by atoms with Crippen molar-refractivity contribution in [3.63, 3.8) is 0 Å². The first-order valence-corrected chi connectivity index (χ1v) is 5.87. The minimum atomic E-state index is -1.43. The van der Waals surface area contributed by atoms with Gasteiger partial charge in [-0.25, -0.2) is 9.59 Å². The average Bonchev–Trinajstić information content (AvgIpc) is 2.60. The van der Waals surface area contributed by atoms with Crippen molar-refractivity contribution >= 4 is 11.9 Å². The van der Waals surface area contributed by atoms with Gasteiger partial charge in [-0.05, 0) is 20.3 Å². The van der Waals surface area contributed by atoms with Crippen LogP contribution in [-0.4, -0.2) is 43.7 Å². The molecule has 18 heavy (non-hydrogen) atoms. The molecule has 0 spiro atoms. The fourth-order valence-corrected chi connectivity index (χ4v) is 2.22. The van der Waals surface area contributed by atoms with Crippen molar-refractivity contribution in [3.8, 4) is 0 Å². The summed E-state index contributed by atoms with van der Waals surface area (Å²) in [4.78, 5) is 23.8. The van der Waals surface area contributed by atoms with Gasteiger partial charge in [0.25, 0.3) is 0 Å². The van der Waals surface area contributed by atoms with Crippen LogP contribution < -0.4 is 0 Å². The van der Waals surface area contributed by atoms with E-state index in [-0.39, 0.29) is 0 Å². The molecule has 0 aromatic rings. The highest BCUT2D eigenvalue weighted by atomic mass is 16.8. The number of ether oxygens (including phenoxy) is 4. The summed E-state index contributed by atoms with van der Waals surface area (Å²) in [6.07, 6.45) is -0.143. The first-order chi connectivity index (χ1) is 8.33. The van der Waals surface area contributed by atoms with Crippen molar-refractivity contribution in [2.24, 2.45) is 0 Å². The molecule has 0 aromatic carbocycles. The van der Waals surface area contributed by atoms with Gasteiger partial charge in [-0.15, -0.1) is 0 Å². The Bertz CT molecular complexity index is 337. The van der Waals surface area contributed by atoms with E-state index < -0.39 is 29.4 Å². The molecule has 0 N–H and O–H groups in total. The lowest BCUT2D eigenvalue weighted by Crippen LogP contribution is -2.52. The summed E-state index contributed by atoms with van der Waals surface area (Å²) < 4.78 is 20.6. The standard InChI is InChI=1S/C12H20O6/c1-6-7-12(10(14)16-5)8(9(13)15-4)17-11(2,3)18-12/h8H,6-7H2,1-5H3/t8-,12+/m0/s1. The lowest BCUT2D eigenvalue weighted by molar-refractivity contribution is -0.188. The molecular formula is C12H20O6.